The zero-order chi connectivity index (χ0) is 11.2. The molecule has 0 aromatic heterocycles. The minimum atomic E-state index is 0.357. The molecule has 4 nitrogen and oxygen atoms in total. The monoisotopic (exact) mass is 228 g/mol. The molecule has 2 fully saturated rings. The van der Waals surface area contributed by atoms with Crippen LogP contribution in [0.3, 0.4) is 0 Å². The van der Waals surface area contributed by atoms with Gasteiger partial charge >= 0.3 is 0 Å². The van der Waals surface area contributed by atoms with E-state index in [2.05, 4.69) is 17.3 Å². The van der Waals surface area contributed by atoms with E-state index >= 15 is 0 Å². The fourth-order valence-electron chi connectivity index (χ4n) is 2.55. The molecule has 16 heavy (non-hydrogen) atoms. The largest absolute Gasteiger partial charge is 0.355 e. The van der Waals surface area contributed by atoms with Crippen LogP contribution in [0.25, 0.3) is 0 Å². The van der Waals surface area contributed by atoms with Gasteiger partial charge in [0.2, 0.25) is 0 Å². The van der Waals surface area contributed by atoms with Crippen LogP contribution >= 0.6 is 0 Å². The number of rotatable bonds is 4. The first-order valence-corrected chi connectivity index (χ1v) is 6.43. The topological polar surface area (TPSA) is 33.7 Å². The molecule has 2 aliphatic rings. The number of piperidine rings is 1. The molecule has 1 N–H and O–H groups in total. The Bertz CT molecular complexity index is 195. The number of hydrogen-bond acceptors (Lipinski definition) is 4. The molecule has 0 aliphatic carbocycles. The number of ether oxygens (including phenoxy) is 2. The Morgan fingerprint density at radius 2 is 2.25 bits per heavy atom. The Kier molecular flexibility index (Phi) is 5.03. The van der Waals surface area contributed by atoms with Crippen LogP contribution in [0, 0.1) is 5.92 Å². The predicted molar refractivity (Wildman–Crippen MR) is 63.4 cm³/mol. The summed E-state index contributed by atoms with van der Waals surface area (Å²) in [5.74, 6) is 0.818. The molecule has 2 atom stereocenters. The van der Waals surface area contributed by atoms with Crippen LogP contribution in [0.15, 0.2) is 0 Å². The Morgan fingerprint density at radius 1 is 1.31 bits per heavy atom. The van der Waals surface area contributed by atoms with Crippen LogP contribution in [0.1, 0.15) is 19.3 Å². The van der Waals surface area contributed by atoms with Gasteiger partial charge in [-0.15, -0.1) is 0 Å². The van der Waals surface area contributed by atoms with Crippen molar-refractivity contribution in [3.8, 4) is 0 Å². The fourth-order valence-corrected chi connectivity index (χ4v) is 2.55. The number of nitrogens with zero attached hydrogens (tertiary/aromatic N) is 1. The van der Waals surface area contributed by atoms with Gasteiger partial charge in [0.15, 0.2) is 0 Å². The second kappa shape index (κ2) is 6.55. The molecule has 0 saturated carbocycles. The highest BCUT2D eigenvalue weighted by Gasteiger charge is 2.18. The van der Waals surface area contributed by atoms with Crippen LogP contribution in [-0.4, -0.2) is 57.6 Å². The summed E-state index contributed by atoms with van der Waals surface area (Å²) in [4.78, 5) is 2.43. The molecule has 0 radical (unpaired) electrons. The summed E-state index contributed by atoms with van der Waals surface area (Å²) in [6.07, 6.45) is 4.09. The zero-order valence-corrected chi connectivity index (χ0v) is 10.3. The maximum atomic E-state index is 5.49. The summed E-state index contributed by atoms with van der Waals surface area (Å²) in [7, 11) is 2.22. The molecule has 2 heterocycles. The van der Waals surface area contributed by atoms with Gasteiger partial charge in [0.1, 0.15) is 6.79 Å². The maximum absolute atomic E-state index is 5.49. The fraction of sp³-hybridized carbons (Fsp3) is 1.00. The van der Waals surface area contributed by atoms with Crippen molar-refractivity contribution >= 4 is 0 Å². The van der Waals surface area contributed by atoms with E-state index in [0.717, 1.165) is 32.0 Å². The minimum absolute atomic E-state index is 0.357. The van der Waals surface area contributed by atoms with Crippen molar-refractivity contribution in [1.29, 1.82) is 0 Å². The van der Waals surface area contributed by atoms with Crippen molar-refractivity contribution in [2.45, 2.75) is 25.4 Å². The van der Waals surface area contributed by atoms with Gasteiger partial charge in [0.05, 0.1) is 12.7 Å². The van der Waals surface area contributed by atoms with E-state index in [1.807, 2.05) is 0 Å². The van der Waals surface area contributed by atoms with Gasteiger partial charge in [0.25, 0.3) is 0 Å². The Balaban J connectivity index is 1.56. The van der Waals surface area contributed by atoms with Crippen molar-refractivity contribution in [1.82, 2.24) is 10.2 Å². The molecule has 2 aliphatic heterocycles. The molecule has 4 heteroatoms. The Hall–Kier alpha value is -0.160. The van der Waals surface area contributed by atoms with Crippen molar-refractivity contribution < 1.29 is 9.47 Å². The van der Waals surface area contributed by atoms with Gasteiger partial charge in [-0.05, 0) is 45.3 Å². The van der Waals surface area contributed by atoms with Crippen LogP contribution in [0.5, 0.6) is 0 Å². The highest BCUT2D eigenvalue weighted by atomic mass is 16.7. The van der Waals surface area contributed by atoms with E-state index < -0.39 is 0 Å². The first-order chi connectivity index (χ1) is 7.84. The van der Waals surface area contributed by atoms with E-state index in [1.54, 1.807) is 0 Å². The molecular weight excluding hydrogens is 204 g/mol. The highest BCUT2D eigenvalue weighted by molar-refractivity contribution is 4.73. The Morgan fingerprint density at radius 3 is 3.00 bits per heavy atom. The van der Waals surface area contributed by atoms with E-state index in [4.69, 9.17) is 9.47 Å². The van der Waals surface area contributed by atoms with E-state index in [0.29, 0.717) is 12.9 Å². The third-order valence-corrected chi connectivity index (χ3v) is 3.50. The summed E-state index contributed by atoms with van der Waals surface area (Å²) >= 11 is 0. The number of hydrogen-bond donors (Lipinski definition) is 1. The van der Waals surface area contributed by atoms with Crippen molar-refractivity contribution in [3.05, 3.63) is 0 Å². The second-order valence-corrected chi connectivity index (χ2v) is 5.03. The lowest BCUT2D eigenvalue weighted by Gasteiger charge is -2.30. The Labute approximate surface area is 98.3 Å². The van der Waals surface area contributed by atoms with E-state index in [9.17, 15) is 0 Å². The van der Waals surface area contributed by atoms with Gasteiger partial charge in [-0.1, -0.05) is 0 Å². The first-order valence-electron chi connectivity index (χ1n) is 6.43. The smallest absolute Gasteiger partial charge is 0.147 e. The lowest BCUT2D eigenvalue weighted by Crippen LogP contribution is -2.40. The third kappa shape index (κ3) is 4.01. The predicted octanol–water partition coefficient (Wildman–Crippen LogP) is 0.681. The molecule has 0 spiro atoms. The van der Waals surface area contributed by atoms with Crippen LogP contribution < -0.4 is 5.32 Å². The van der Waals surface area contributed by atoms with Gasteiger partial charge in [0, 0.05) is 13.1 Å². The minimum Gasteiger partial charge on any atom is -0.355 e. The molecule has 0 aromatic rings. The molecule has 2 saturated heterocycles. The summed E-state index contributed by atoms with van der Waals surface area (Å²) in [6, 6.07) is 0. The molecule has 2 rings (SSSR count). The van der Waals surface area contributed by atoms with Crippen LogP contribution in [0.4, 0.5) is 0 Å². The summed E-state index contributed by atoms with van der Waals surface area (Å²) in [6.45, 7) is 5.92. The zero-order valence-electron chi connectivity index (χ0n) is 10.3. The summed E-state index contributed by atoms with van der Waals surface area (Å²) in [5, 5.41) is 3.54. The van der Waals surface area contributed by atoms with Crippen molar-refractivity contribution in [3.63, 3.8) is 0 Å². The molecule has 2 unspecified atom stereocenters. The van der Waals surface area contributed by atoms with Crippen molar-refractivity contribution in [2.24, 2.45) is 5.92 Å². The SMILES string of the molecule is CN1CCCC(CNCC2CCOCO2)C1. The number of likely N-dealkylation sites (tertiary alicyclic amines) is 1. The van der Waals surface area contributed by atoms with Crippen LogP contribution in [-0.2, 0) is 9.47 Å². The molecule has 0 aromatic carbocycles. The standard InChI is InChI=1S/C12H24N2O2/c1-14-5-2-3-11(9-14)7-13-8-12-4-6-15-10-16-12/h11-13H,2-10H2,1H3. The average molecular weight is 228 g/mol. The summed E-state index contributed by atoms with van der Waals surface area (Å²) in [5.41, 5.74) is 0. The maximum Gasteiger partial charge on any atom is 0.147 e. The molecule has 0 bridgehead atoms. The third-order valence-electron chi connectivity index (χ3n) is 3.50. The normalized spacial score (nSPS) is 32.8. The van der Waals surface area contributed by atoms with Gasteiger partial charge in [-0.3, -0.25) is 0 Å². The molecule has 94 valence electrons. The average Bonchev–Trinajstić information content (AvgIpc) is 2.30. The lowest BCUT2D eigenvalue weighted by atomic mass is 9.98. The van der Waals surface area contributed by atoms with Gasteiger partial charge < -0.3 is 19.7 Å². The quantitative estimate of drug-likeness (QED) is 0.767. The highest BCUT2D eigenvalue weighted by Crippen LogP contribution is 2.14. The first kappa shape index (κ1) is 12.3. The van der Waals surface area contributed by atoms with Gasteiger partial charge in [-0.2, -0.15) is 0 Å². The van der Waals surface area contributed by atoms with Gasteiger partial charge in [-0.25, -0.2) is 0 Å². The van der Waals surface area contributed by atoms with E-state index in [1.165, 1.54) is 25.9 Å². The second-order valence-electron chi connectivity index (χ2n) is 5.03. The summed E-state index contributed by atoms with van der Waals surface area (Å²) < 4.78 is 10.6. The van der Waals surface area contributed by atoms with E-state index in [-0.39, 0.29) is 0 Å². The lowest BCUT2D eigenvalue weighted by molar-refractivity contribution is -0.137. The molecule has 0 amide bonds. The van der Waals surface area contributed by atoms with Crippen LogP contribution in [0.2, 0.25) is 0 Å². The van der Waals surface area contributed by atoms with Crippen molar-refractivity contribution in [2.75, 3.05) is 46.6 Å². The number of nitrogens with one attached hydrogen (secondary N) is 1. The molecular formula is C12H24N2O2.